The first-order valence-electron chi connectivity index (χ1n) is 7.50. The number of unbranched alkanes of at least 4 members (excludes halogenated alkanes) is 2. The highest BCUT2D eigenvalue weighted by Gasteiger charge is 2.19. The van der Waals surface area contributed by atoms with Crippen LogP contribution in [0.1, 0.15) is 62.4 Å². The fourth-order valence-electron chi connectivity index (χ4n) is 2.25. The summed E-state index contributed by atoms with van der Waals surface area (Å²) in [6.45, 7) is 9.25. The van der Waals surface area contributed by atoms with Crippen LogP contribution in [0.3, 0.4) is 0 Å². The summed E-state index contributed by atoms with van der Waals surface area (Å²) in [6, 6.07) is 5.54. The predicted molar refractivity (Wildman–Crippen MR) is 85.8 cm³/mol. The summed E-state index contributed by atoms with van der Waals surface area (Å²) in [7, 11) is 0. The van der Waals surface area contributed by atoms with Gasteiger partial charge in [-0.1, -0.05) is 46.1 Å². The number of carbonyl (C=O) groups is 1. The van der Waals surface area contributed by atoms with E-state index in [0.29, 0.717) is 17.8 Å². The van der Waals surface area contributed by atoms with Gasteiger partial charge in [0.25, 0.3) is 5.91 Å². The van der Waals surface area contributed by atoms with Crippen molar-refractivity contribution in [3.8, 4) is 0 Å². The van der Waals surface area contributed by atoms with Crippen LogP contribution in [0.5, 0.6) is 0 Å². The normalized spacial score (nSPS) is 11.4. The summed E-state index contributed by atoms with van der Waals surface area (Å²) in [4.78, 5) is 12.2. The number of hydrogen-bond acceptors (Lipinski definition) is 2. The van der Waals surface area contributed by atoms with Crippen LogP contribution < -0.4 is 11.1 Å². The lowest BCUT2D eigenvalue weighted by Gasteiger charge is -2.25. The molecule has 112 valence electrons. The van der Waals surface area contributed by atoms with Crippen LogP contribution in [0.25, 0.3) is 0 Å². The van der Waals surface area contributed by atoms with Crippen molar-refractivity contribution in [2.45, 2.75) is 53.4 Å². The minimum absolute atomic E-state index is 0.0777. The lowest BCUT2D eigenvalue weighted by molar-refractivity contribution is 0.0935. The van der Waals surface area contributed by atoms with E-state index >= 15 is 0 Å². The van der Waals surface area contributed by atoms with Crippen LogP contribution in [-0.4, -0.2) is 12.5 Å². The molecule has 0 radical (unpaired) electrons. The molecular weight excluding hydrogens is 248 g/mol. The molecule has 0 atom stereocenters. The Morgan fingerprint density at radius 1 is 1.30 bits per heavy atom. The maximum absolute atomic E-state index is 12.2. The number of hydrogen-bond donors (Lipinski definition) is 2. The van der Waals surface area contributed by atoms with Crippen molar-refractivity contribution in [2.75, 3.05) is 12.3 Å². The average Bonchev–Trinajstić information content (AvgIpc) is 2.36. The maximum atomic E-state index is 12.2. The second kappa shape index (κ2) is 7.32. The number of nitrogens with two attached hydrogens (primary N) is 1. The van der Waals surface area contributed by atoms with E-state index < -0.39 is 0 Å². The number of aryl methyl sites for hydroxylation is 1. The Labute approximate surface area is 122 Å². The van der Waals surface area contributed by atoms with Crippen molar-refractivity contribution in [1.29, 1.82) is 0 Å². The molecule has 0 aliphatic rings. The molecule has 0 saturated heterocycles. The van der Waals surface area contributed by atoms with Gasteiger partial charge in [0.05, 0.1) is 5.56 Å². The van der Waals surface area contributed by atoms with E-state index in [9.17, 15) is 4.79 Å². The highest BCUT2D eigenvalue weighted by atomic mass is 16.1. The van der Waals surface area contributed by atoms with Crippen molar-refractivity contribution in [1.82, 2.24) is 5.32 Å². The number of amides is 1. The van der Waals surface area contributed by atoms with Gasteiger partial charge in [-0.15, -0.1) is 0 Å². The number of benzene rings is 1. The van der Waals surface area contributed by atoms with Gasteiger partial charge >= 0.3 is 0 Å². The van der Waals surface area contributed by atoms with E-state index in [-0.39, 0.29) is 11.3 Å². The second-order valence-corrected chi connectivity index (χ2v) is 6.39. The zero-order valence-electron chi connectivity index (χ0n) is 13.3. The first-order chi connectivity index (χ1) is 9.35. The lowest BCUT2D eigenvalue weighted by atomic mass is 9.87. The Kier molecular flexibility index (Phi) is 6.05. The standard InChI is InChI=1S/C17H28N2O/c1-5-6-7-10-17(3,4)12-19-16(20)14-9-8-13(2)11-15(14)18/h8-9,11H,5-7,10,12,18H2,1-4H3,(H,19,20). The van der Waals surface area contributed by atoms with Gasteiger partial charge in [-0.2, -0.15) is 0 Å². The second-order valence-electron chi connectivity index (χ2n) is 6.39. The van der Waals surface area contributed by atoms with Crippen LogP contribution in [0.15, 0.2) is 18.2 Å². The molecule has 0 spiro atoms. The first kappa shape index (κ1) is 16.5. The monoisotopic (exact) mass is 276 g/mol. The molecule has 3 heteroatoms. The van der Waals surface area contributed by atoms with Crippen LogP contribution in [0.4, 0.5) is 5.69 Å². The highest BCUT2D eigenvalue weighted by Crippen LogP contribution is 2.23. The molecule has 0 aliphatic carbocycles. The summed E-state index contributed by atoms with van der Waals surface area (Å²) in [5, 5.41) is 3.01. The minimum Gasteiger partial charge on any atom is -0.398 e. The summed E-state index contributed by atoms with van der Waals surface area (Å²) in [5.74, 6) is -0.0777. The van der Waals surface area contributed by atoms with Gasteiger partial charge in [0.2, 0.25) is 0 Å². The van der Waals surface area contributed by atoms with E-state index in [1.54, 1.807) is 6.07 Å². The SMILES string of the molecule is CCCCCC(C)(C)CNC(=O)c1ccc(C)cc1N. The Morgan fingerprint density at radius 2 is 2.00 bits per heavy atom. The van der Waals surface area contributed by atoms with Crippen LogP contribution in [0.2, 0.25) is 0 Å². The van der Waals surface area contributed by atoms with Gasteiger partial charge in [-0.25, -0.2) is 0 Å². The van der Waals surface area contributed by atoms with Gasteiger partial charge in [-0.3, -0.25) is 4.79 Å². The van der Waals surface area contributed by atoms with E-state index in [2.05, 4.69) is 26.1 Å². The van der Waals surface area contributed by atoms with Gasteiger partial charge in [-0.05, 0) is 36.5 Å². The van der Waals surface area contributed by atoms with Crippen molar-refractivity contribution < 1.29 is 4.79 Å². The maximum Gasteiger partial charge on any atom is 0.253 e. The molecule has 3 nitrogen and oxygen atoms in total. The molecule has 0 heterocycles. The fourth-order valence-corrected chi connectivity index (χ4v) is 2.25. The highest BCUT2D eigenvalue weighted by molar-refractivity contribution is 5.99. The van der Waals surface area contributed by atoms with Gasteiger partial charge < -0.3 is 11.1 Å². The van der Waals surface area contributed by atoms with Gasteiger partial charge in [0, 0.05) is 12.2 Å². The summed E-state index contributed by atoms with van der Waals surface area (Å²) < 4.78 is 0. The number of rotatable bonds is 7. The zero-order chi connectivity index (χ0) is 15.2. The molecule has 1 rings (SSSR count). The Bertz CT molecular complexity index is 452. The lowest BCUT2D eigenvalue weighted by Crippen LogP contribution is -2.34. The third kappa shape index (κ3) is 5.24. The Morgan fingerprint density at radius 3 is 2.60 bits per heavy atom. The van der Waals surface area contributed by atoms with Crippen LogP contribution in [0, 0.1) is 12.3 Å². The third-order valence-electron chi connectivity index (χ3n) is 3.64. The molecular formula is C17H28N2O. The predicted octanol–water partition coefficient (Wildman–Crippen LogP) is 3.91. The number of anilines is 1. The van der Waals surface area contributed by atoms with E-state index in [1.807, 2.05) is 19.1 Å². The fraction of sp³-hybridized carbons (Fsp3) is 0.588. The van der Waals surface area contributed by atoms with Crippen molar-refractivity contribution in [3.05, 3.63) is 29.3 Å². The smallest absolute Gasteiger partial charge is 0.253 e. The topological polar surface area (TPSA) is 55.1 Å². The zero-order valence-corrected chi connectivity index (χ0v) is 13.3. The van der Waals surface area contributed by atoms with E-state index in [0.717, 1.165) is 12.0 Å². The molecule has 3 N–H and O–H groups in total. The van der Waals surface area contributed by atoms with Crippen LogP contribution in [-0.2, 0) is 0 Å². The first-order valence-corrected chi connectivity index (χ1v) is 7.50. The summed E-state index contributed by atoms with van der Waals surface area (Å²) in [5.41, 5.74) is 8.21. The molecule has 1 aromatic carbocycles. The van der Waals surface area contributed by atoms with E-state index in [1.165, 1.54) is 19.3 Å². The van der Waals surface area contributed by atoms with Crippen molar-refractivity contribution in [2.24, 2.45) is 5.41 Å². The van der Waals surface area contributed by atoms with E-state index in [4.69, 9.17) is 5.73 Å². The molecule has 0 aliphatic heterocycles. The van der Waals surface area contributed by atoms with Crippen molar-refractivity contribution >= 4 is 11.6 Å². The summed E-state index contributed by atoms with van der Waals surface area (Å²) in [6.07, 6.45) is 4.82. The molecule has 0 bridgehead atoms. The van der Waals surface area contributed by atoms with Crippen LogP contribution >= 0.6 is 0 Å². The van der Waals surface area contributed by atoms with Gasteiger partial charge in [0.15, 0.2) is 0 Å². The Hall–Kier alpha value is -1.51. The molecule has 0 saturated carbocycles. The summed E-state index contributed by atoms with van der Waals surface area (Å²) >= 11 is 0. The minimum atomic E-state index is -0.0777. The Balaban J connectivity index is 2.54. The molecule has 0 unspecified atom stereocenters. The average molecular weight is 276 g/mol. The molecule has 1 amide bonds. The molecule has 1 aromatic rings. The van der Waals surface area contributed by atoms with Crippen molar-refractivity contribution in [3.63, 3.8) is 0 Å². The third-order valence-corrected chi connectivity index (χ3v) is 3.64. The molecule has 20 heavy (non-hydrogen) atoms. The number of nitrogens with one attached hydrogen (secondary N) is 1. The van der Waals surface area contributed by atoms with Gasteiger partial charge in [0.1, 0.15) is 0 Å². The largest absolute Gasteiger partial charge is 0.398 e. The molecule has 0 aromatic heterocycles. The quantitative estimate of drug-likeness (QED) is 0.586. The number of nitrogen functional groups attached to an aromatic ring is 1. The number of carbonyl (C=O) groups excluding carboxylic acids is 1. The molecule has 0 fully saturated rings.